The molecule has 2 aliphatic rings. The van der Waals surface area contributed by atoms with Crippen molar-refractivity contribution in [3.05, 3.63) is 23.8 Å². The van der Waals surface area contributed by atoms with Crippen LogP contribution in [0.15, 0.2) is 12.1 Å². The first kappa shape index (κ1) is 16.8. The lowest BCUT2D eigenvalue weighted by Gasteiger charge is -2.30. The van der Waals surface area contributed by atoms with Crippen LogP contribution in [-0.4, -0.2) is 53.8 Å². The first-order valence-corrected chi connectivity index (χ1v) is 8.72. The molecule has 3 rings (SSSR count). The molecule has 7 nitrogen and oxygen atoms in total. The lowest BCUT2D eigenvalue weighted by Crippen LogP contribution is -2.41. The normalized spacial score (nSPS) is 22.0. The minimum atomic E-state index is -1.15. The van der Waals surface area contributed by atoms with Crippen LogP contribution < -0.4 is 15.5 Å². The average molecular weight is 359 g/mol. The number of halogens is 2. The third-order valence-electron chi connectivity index (χ3n) is 3.94. The summed E-state index contributed by atoms with van der Waals surface area (Å²) in [6, 6.07) is 2.02. The summed E-state index contributed by atoms with van der Waals surface area (Å²) in [6.07, 6.45) is -2.04. The van der Waals surface area contributed by atoms with Crippen molar-refractivity contribution in [2.45, 2.75) is 6.10 Å². The molecule has 130 valence electrons. The van der Waals surface area contributed by atoms with Crippen molar-refractivity contribution in [3.63, 3.8) is 0 Å². The highest BCUT2D eigenvalue weighted by Crippen LogP contribution is 2.31. The largest absolute Gasteiger partial charge is 0.616 e. The Kier molecular flexibility index (Phi) is 4.50. The van der Waals surface area contributed by atoms with Crippen LogP contribution in [0.4, 0.5) is 25.0 Å². The minimum Gasteiger partial charge on any atom is -0.616 e. The van der Waals surface area contributed by atoms with Gasteiger partial charge in [-0.15, -0.1) is 0 Å². The molecule has 0 saturated carbocycles. The van der Waals surface area contributed by atoms with Crippen molar-refractivity contribution in [1.29, 1.82) is 0 Å². The van der Waals surface area contributed by atoms with Gasteiger partial charge in [-0.05, 0) is 0 Å². The van der Waals surface area contributed by atoms with Gasteiger partial charge in [-0.25, -0.2) is 13.6 Å². The summed E-state index contributed by atoms with van der Waals surface area (Å²) in [4.78, 5) is 25.3. The molecule has 10 heteroatoms. The molecule has 2 saturated heterocycles. The summed E-state index contributed by atoms with van der Waals surface area (Å²) in [7, 11) is 0. The Hall–Kier alpha value is -2.07. The van der Waals surface area contributed by atoms with Crippen molar-refractivity contribution in [2.75, 3.05) is 40.9 Å². The third kappa shape index (κ3) is 3.11. The van der Waals surface area contributed by atoms with Gasteiger partial charge in [0.15, 0.2) is 17.7 Å². The molecule has 2 heterocycles. The number of nitrogens with two attached hydrogens (primary N) is 1. The van der Waals surface area contributed by atoms with Crippen LogP contribution >= 0.6 is 0 Å². The second kappa shape index (κ2) is 6.44. The van der Waals surface area contributed by atoms with E-state index in [2.05, 4.69) is 0 Å². The van der Waals surface area contributed by atoms with Crippen molar-refractivity contribution >= 4 is 34.6 Å². The van der Waals surface area contributed by atoms with E-state index in [-0.39, 0.29) is 31.0 Å². The number of nitrogens with zero attached hydrogens (tertiary/aromatic N) is 2. The Morgan fingerprint density at radius 2 is 1.88 bits per heavy atom. The molecule has 2 fully saturated rings. The first-order chi connectivity index (χ1) is 11.4. The zero-order chi connectivity index (χ0) is 17.4. The van der Waals surface area contributed by atoms with Crippen LogP contribution in [-0.2, 0) is 20.7 Å². The van der Waals surface area contributed by atoms with Crippen molar-refractivity contribution < 1.29 is 27.7 Å². The molecule has 1 aromatic carbocycles. The van der Waals surface area contributed by atoms with E-state index in [4.69, 9.17) is 10.5 Å². The van der Waals surface area contributed by atoms with Gasteiger partial charge in [0.05, 0.1) is 25.3 Å². The Bertz CT molecular complexity index is 659. The maximum Gasteiger partial charge on any atom is 0.415 e. The van der Waals surface area contributed by atoms with E-state index in [9.17, 15) is 22.9 Å². The molecular weight excluding hydrogens is 344 g/mol. The van der Waals surface area contributed by atoms with Crippen molar-refractivity contribution in [2.24, 2.45) is 5.73 Å². The highest BCUT2D eigenvalue weighted by atomic mass is 32.2. The van der Waals surface area contributed by atoms with Gasteiger partial charge in [-0.2, -0.15) is 0 Å². The Morgan fingerprint density at radius 1 is 1.29 bits per heavy atom. The number of carbonyl (C=O) groups excluding carboxylic acids is 2. The van der Waals surface area contributed by atoms with Gasteiger partial charge in [0.2, 0.25) is 0 Å². The molecule has 24 heavy (non-hydrogen) atoms. The number of hydrogen-bond donors (Lipinski definition) is 1. The van der Waals surface area contributed by atoms with E-state index in [1.165, 1.54) is 4.90 Å². The molecule has 0 aliphatic carbocycles. The highest BCUT2D eigenvalue weighted by Gasteiger charge is 2.37. The molecule has 2 amide bonds. The van der Waals surface area contributed by atoms with Gasteiger partial charge in [0.1, 0.15) is 17.2 Å². The number of hydrogen-bond acceptors (Lipinski definition) is 5. The Labute approximate surface area is 139 Å². The number of anilines is 2. The number of ether oxygens (including phenoxy) is 1. The summed E-state index contributed by atoms with van der Waals surface area (Å²) in [5.74, 6) is -1.82. The van der Waals surface area contributed by atoms with Gasteiger partial charge in [-0.1, -0.05) is 11.2 Å². The fraction of sp³-hybridized carbons (Fsp3) is 0.429. The second-order valence-electron chi connectivity index (χ2n) is 5.48. The zero-order valence-corrected chi connectivity index (χ0v) is 13.4. The van der Waals surface area contributed by atoms with Crippen LogP contribution in [0.2, 0.25) is 0 Å². The summed E-state index contributed by atoms with van der Waals surface area (Å²) in [5, 5.41) is 0. The van der Waals surface area contributed by atoms with Gasteiger partial charge in [0, 0.05) is 12.1 Å². The first-order valence-electron chi connectivity index (χ1n) is 7.23. The molecule has 1 atom stereocenters. The lowest BCUT2D eigenvalue weighted by molar-refractivity contribution is -0.124. The molecule has 0 spiro atoms. The third-order valence-corrected chi connectivity index (χ3v) is 5.21. The van der Waals surface area contributed by atoms with Crippen LogP contribution in [0.3, 0.4) is 0 Å². The van der Waals surface area contributed by atoms with E-state index in [0.29, 0.717) is 11.5 Å². The van der Waals surface area contributed by atoms with E-state index in [1.807, 2.05) is 0 Å². The van der Waals surface area contributed by atoms with Crippen LogP contribution in [0.1, 0.15) is 0 Å². The summed E-state index contributed by atoms with van der Waals surface area (Å²) in [5.41, 5.74) is 4.80. The molecule has 0 aromatic heterocycles. The van der Waals surface area contributed by atoms with E-state index < -0.39 is 40.9 Å². The Morgan fingerprint density at radius 3 is 2.38 bits per heavy atom. The number of amides is 2. The number of benzene rings is 1. The monoisotopic (exact) mass is 359 g/mol. The van der Waals surface area contributed by atoms with Gasteiger partial charge >= 0.3 is 6.09 Å². The van der Waals surface area contributed by atoms with Crippen molar-refractivity contribution in [3.8, 4) is 0 Å². The summed E-state index contributed by atoms with van der Waals surface area (Å²) >= 11 is -0.967. The summed E-state index contributed by atoms with van der Waals surface area (Å²) < 4.78 is 44.9. The zero-order valence-electron chi connectivity index (χ0n) is 12.5. The van der Waals surface area contributed by atoms with Crippen LogP contribution in [0, 0.1) is 11.6 Å². The fourth-order valence-electron chi connectivity index (χ4n) is 2.69. The minimum absolute atomic E-state index is 0.0527. The quantitative estimate of drug-likeness (QED) is 0.785. The molecule has 2 aliphatic heterocycles. The topological polar surface area (TPSA) is 98.9 Å². The van der Waals surface area contributed by atoms with Gasteiger partial charge < -0.3 is 19.9 Å². The summed E-state index contributed by atoms with van der Waals surface area (Å²) in [6.45, 7) is 0.375. The highest BCUT2D eigenvalue weighted by molar-refractivity contribution is 7.91. The molecule has 0 unspecified atom stereocenters. The Balaban J connectivity index is 1.85. The number of carbonyl (C=O) groups is 2. The van der Waals surface area contributed by atoms with Gasteiger partial charge in [0.25, 0.3) is 5.91 Å². The predicted molar refractivity (Wildman–Crippen MR) is 83.3 cm³/mol. The standard InChI is InChI=1S/C14H15F2N3O4S/c15-9-5-8(19-7-11(13(17)20)23-14(19)21)6-10(16)12(9)18-1-3-24(22)4-2-18/h5-6,11H,1-4,7H2,(H2,17,20)/t11-/m1/s1. The predicted octanol–water partition coefficient (Wildman–Crippen LogP) is 0.344. The van der Waals surface area contributed by atoms with E-state index in [1.54, 1.807) is 0 Å². The lowest BCUT2D eigenvalue weighted by atomic mass is 10.2. The van der Waals surface area contributed by atoms with Crippen LogP contribution in [0.25, 0.3) is 0 Å². The molecule has 2 N–H and O–H groups in total. The molecule has 1 aromatic rings. The van der Waals surface area contributed by atoms with Crippen molar-refractivity contribution in [1.82, 2.24) is 0 Å². The van der Waals surface area contributed by atoms with Crippen LogP contribution in [0.5, 0.6) is 0 Å². The number of rotatable bonds is 3. The molecule has 0 bridgehead atoms. The van der Waals surface area contributed by atoms with Gasteiger partial charge in [-0.3, -0.25) is 9.69 Å². The number of primary amides is 1. The molecular formula is C14H15F2N3O4S. The smallest absolute Gasteiger partial charge is 0.415 e. The van der Waals surface area contributed by atoms with E-state index in [0.717, 1.165) is 17.0 Å². The number of cyclic esters (lactones) is 1. The second-order valence-corrected chi connectivity index (χ2v) is 7.17. The SMILES string of the molecule is NC(=O)[C@H]1CN(c2cc(F)c(N3CC[S+]([O-])CC3)c(F)c2)C(=O)O1. The maximum atomic E-state index is 14.4. The molecule has 0 radical (unpaired) electrons. The fourth-order valence-corrected chi connectivity index (χ4v) is 3.75. The maximum absolute atomic E-state index is 14.4. The van der Waals surface area contributed by atoms with E-state index >= 15 is 0 Å². The average Bonchev–Trinajstić information content (AvgIpc) is 2.90.